The summed E-state index contributed by atoms with van der Waals surface area (Å²) in [4.78, 5) is 35.4. The molecule has 1 aromatic carbocycles. The molecule has 1 saturated heterocycles. The van der Waals surface area contributed by atoms with Gasteiger partial charge in [-0.15, -0.1) is 0 Å². The smallest absolute Gasteiger partial charge is 0.335 e. The SMILES string of the molecule is CC(C)(C)C(=O)OCc1ccc(O[C@@H]2CC(O)[C@H](O)C(C(=O)O)O2)c(NC(=O)CCN)c1. The number of nitrogens with one attached hydrogen (secondary N) is 1. The number of carboxylic acid groups (broad SMARTS) is 1. The van der Waals surface area contributed by atoms with Crippen LogP contribution >= 0.6 is 0 Å². The van der Waals surface area contributed by atoms with Crippen molar-refractivity contribution >= 4 is 23.5 Å². The minimum absolute atomic E-state index is 0.0396. The third-order valence-electron chi connectivity index (χ3n) is 4.61. The van der Waals surface area contributed by atoms with Gasteiger partial charge in [0.25, 0.3) is 0 Å². The molecule has 1 amide bonds. The molecule has 0 radical (unpaired) electrons. The highest BCUT2D eigenvalue weighted by molar-refractivity contribution is 5.92. The van der Waals surface area contributed by atoms with Gasteiger partial charge in [0, 0.05) is 19.4 Å². The quantitative estimate of drug-likeness (QED) is 0.345. The fraction of sp³-hybridized carbons (Fsp3) is 0.571. The summed E-state index contributed by atoms with van der Waals surface area (Å²) < 4.78 is 16.2. The molecule has 0 saturated carbocycles. The molecule has 4 atom stereocenters. The highest BCUT2D eigenvalue weighted by Crippen LogP contribution is 2.31. The largest absolute Gasteiger partial charge is 0.479 e. The highest BCUT2D eigenvalue weighted by Gasteiger charge is 2.42. The molecular weight excluding hydrogens is 424 g/mol. The van der Waals surface area contributed by atoms with E-state index in [9.17, 15) is 29.7 Å². The number of benzene rings is 1. The molecule has 11 heteroatoms. The second kappa shape index (κ2) is 10.7. The molecule has 1 aliphatic rings. The number of hydrogen-bond donors (Lipinski definition) is 5. The van der Waals surface area contributed by atoms with Gasteiger partial charge in [0.1, 0.15) is 18.5 Å². The average Bonchev–Trinajstić information content (AvgIpc) is 2.69. The summed E-state index contributed by atoms with van der Waals surface area (Å²) in [5, 5.41) is 31.6. The van der Waals surface area contributed by atoms with Crippen molar-refractivity contribution in [3.63, 3.8) is 0 Å². The van der Waals surface area contributed by atoms with E-state index in [0.29, 0.717) is 5.56 Å². The number of carbonyl (C=O) groups is 3. The van der Waals surface area contributed by atoms with Gasteiger partial charge >= 0.3 is 11.9 Å². The minimum Gasteiger partial charge on any atom is -0.479 e. The van der Waals surface area contributed by atoms with Crippen molar-refractivity contribution in [3.8, 4) is 5.75 Å². The van der Waals surface area contributed by atoms with Gasteiger partial charge in [0.05, 0.1) is 17.2 Å². The van der Waals surface area contributed by atoms with E-state index in [1.807, 2.05) is 0 Å². The molecule has 11 nitrogen and oxygen atoms in total. The molecule has 0 aromatic heterocycles. The molecule has 1 aliphatic heterocycles. The van der Waals surface area contributed by atoms with Crippen LogP contribution in [0.4, 0.5) is 5.69 Å². The van der Waals surface area contributed by atoms with Crippen molar-refractivity contribution in [1.82, 2.24) is 0 Å². The Morgan fingerprint density at radius 2 is 1.94 bits per heavy atom. The van der Waals surface area contributed by atoms with Gasteiger partial charge in [-0.1, -0.05) is 6.07 Å². The van der Waals surface area contributed by atoms with Gasteiger partial charge in [-0.05, 0) is 38.5 Å². The van der Waals surface area contributed by atoms with Gasteiger partial charge in [0.15, 0.2) is 6.10 Å². The number of hydrogen-bond acceptors (Lipinski definition) is 9. The van der Waals surface area contributed by atoms with Gasteiger partial charge in [-0.25, -0.2) is 4.79 Å². The second-order valence-corrected chi connectivity index (χ2v) is 8.48. The molecule has 32 heavy (non-hydrogen) atoms. The molecule has 2 unspecified atom stereocenters. The Balaban J connectivity index is 2.21. The Bertz CT molecular complexity index is 837. The van der Waals surface area contributed by atoms with E-state index in [-0.39, 0.29) is 43.3 Å². The van der Waals surface area contributed by atoms with Crippen LogP contribution in [0.1, 0.15) is 39.2 Å². The first kappa shape index (κ1) is 25.5. The number of amides is 1. The van der Waals surface area contributed by atoms with E-state index in [1.165, 1.54) is 6.07 Å². The number of carboxylic acids is 1. The third-order valence-corrected chi connectivity index (χ3v) is 4.61. The average molecular weight is 454 g/mol. The summed E-state index contributed by atoms with van der Waals surface area (Å²) >= 11 is 0. The maximum Gasteiger partial charge on any atom is 0.335 e. The van der Waals surface area contributed by atoms with Gasteiger partial charge in [-0.2, -0.15) is 0 Å². The van der Waals surface area contributed by atoms with E-state index in [1.54, 1.807) is 32.9 Å². The zero-order valence-corrected chi connectivity index (χ0v) is 18.2. The molecule has 0 aliphatic carbocycles. The highest BCUT2D eigenvalue weighted by atomic mass is 16.7. The Morgan fingerprint density at radius 3 is 2.53 bits per heavy atom. The van der Waals surface area contributed by atoms with Crippen LogP contribution in [0.15, 0.2) is 18.2 Å². The van der Waals surface area contributed by atoms with Gasteiger partial charge in [-0.3, -0.25) is 9.59 Å². The van der Waals surface area contributed by atoms with E-state index < -0.39 is 42.0 Å². The lowest BCUT2D eigenvalue weighted by molar-refractivity contribution is -0.228. The van der Waals surface area contributed by atoms with Crippen LogP contribution in [-0.2, 0) is 30.5 Å². The fourth-order valence-electron chi connectivity index (χ4n) is 2.84. The molecular formula is C21H30N2O9. The van der Waals surface area contributed by atoms with Gasteiger partial charge in [0.2, 0.25) is 12.2 Å². The van der Waals surface area contributed by atoms with Crippen molar-refractivity contribution in [2.75, 3.05) is 11.9 Å². The van der Waals surface area contributed by atoms with Gasteiger partial charge < -0.3 is 40.6 Å². The molecule has 0 spiro atoms. The Labute approximate surface area is 185 Å². The van der Waals surface area contributed by atoms with Crippen LogP contribution in [0, 0.1) is 5.41 Å². The summed E-state index contributed by atoms with van der Waals surface area (Å²) in [5.41, 5.74) is 5.54. The van der Waals surface area contributed by atoms with Crippen LogP contribution in [0.5, 0.6) is 5.75 Å². The van der Waals surface area contributed by atoms with Crippen molar-refractivity contribution in [3.05, 3.63) is 23.8 Å². The number of aliphatic carboxylic acids is 1. The Kier molecular flexibility index (Phi) is 8.56. The van der Waals surface area contributed by atoms with E-state index in [4.69, 9.17) is 19.9 Å². The fourth-order valence-corrected chi connectivity index (χ4v) is 2.84. The number of aliphatic hydroxyl groups excluding tert-OH is 2. The van der Waals surface area contributed by atoms with E-state index in [2.05, 4.69) is 5.32 Å². The molecule has 1 fully saturated rings. The predicted octanol–water partition coefficient (Wildman–Crippen LogP) is 0.363. The van der Waals surface area contributed by atoms with Crippen LogP contribution in [-0.4, -0.2) is 64.3 Å². The standard InChI is InChI=1S/C21H30N2O9/c1-21(2,3)20(29)30-10-11-4-5-14(12(8-11)23-15(25)6-7-22)31-16-9-13(24)17(26)18(32-16)19(27)28/h4-5,8,13,16-18,24,26H,6-7,9-10,22H2,1-3H3,(H,23,25)(H,27,28)/t13?,16-,17-,18?/m0/s1. The number of carbonyl (C=O) groups excluding carboxylic acids is 2. The lowest BCUT2D eigenvalue weighted by atomic mass is 9.97. The minimum atomic E-state index is -1.67. The van der Waals surface area contributed by atoms with E-state index in [0.717, 1.165) is 0 Å². The molecule has 0 bridgehead atoms. The Hall–Kier alpha value is -2.73. The predicted molar refractivity (Wildman–Crippen MR) is 112 cm³/mol. The van der Waals surface area contributed by atoms with Crippen molar-refractivity contribution in [2.24, 2.45) is 11.1 Å². The summed E-state index contributed by atoms with van der Waals surface area (Å²) in [6.07, 6.45) is -5.97. The zero-order chi connectivity index (χ0) is 24.1. The van der Waals surface area contributed by atoms with Crippen LogP contribution in [0.2, 0.25) is 0 Å². The third kappa shape index (κ3) is 6.89. The van der Waals surface area contributed by atoms with E-state index >= 15 is 0 Å². The summed E-state index contributed by atoms with van der Waals surface area (Å²) in [5.74, 6) is -2.09. The normalized spacial score (nSPS) is 23.3. The molecule has 1 aromatic rings. The van der Waals surface area contributed by atoms with Crippen molar-refractivity contribution < 1.29 is 43.9 Å². The maximum absolute atomic E-state index is 12.1. The monoisotopic (exact) mass is 454 g/mol. The maximum atomic E-state index is 12.1. The number of aliphatic hydroxyl groups is 2. The van der Waals surface area contributed by atoms with Crippen molar-refractivity contribution in [1.29, 1.82) is 0 Å². The lowest BCUT2D eigenvalue weighted by Crippen LogP contribution is -2.53. The summed E-state index contributed by atoms with van der Waals surface area (Å²) in [6.45, 7) is 5.27. The number of rotatable bonds is 8. The number of esters is 1. The first-order chi connectivity index (χ1) is 14.9. The van der Waals surface area contributed by atoms with Crippen LogP contribution < -0.4 is 15.8 Å². The summed E-state index contributed by atoms with van der Waals surface area (Å²) in [7, 11) is 0. The van der Waals surface area contributed by atoms with Crippen LogP contribution in [0.3, 0.4) is 0 Å². The second-order valence-electron chi connectivity index (χ2n) is 8.48. The Morgan fingerprint density at radius 1 is 1.25 bits per heavy atom. The first-order valence-electron chi connectivity index (χ1n) is 10.1. The van der Waals surface area contributed by atoms with Crippen LogP contribution in [0.25, 0.3) is 0 Å². The molecule has 2 rings (SSSR count). The topological polar surface area (TPSA) is 178 Å². The first-order valence-corrected chi connectivity index (χ1v) is 10.1. The molecule has 178 valence electrons. The molecule has 1 heterocycles. The summed E-state index contributed by atoms with van der Waals surface area (Å²) in [6, 6.07) is 4.64. The number of ether oxygens (including phenoxy) is 3. The lowest BCUT2D eigenvalue weighted by Gasteiger charge is -2.35. The van der Waals surface area contributed by atoms with Crippen molar-refractivity contribution in [2.45, 2.75) is 64.8 Å². The number of nitrogens with two attached hydrogens (primary N) is 1. The zero-order valence-electron chi connectivity index (χ0n) is 18.2. The molecule has 6 N–H and O–H groups in total. The number of anilines is 1.